The number of aryl methyl sites for hydroxylation is 2. The van der Waals surface area contributed by atoms with Gasteiger partial charge < -0.3 is 4.90 Å². The zero-order valence-electron chi connectivity index (χ0n) is 34.1. The lowest BCUT2D eigenvalue weighted by Crippen LogP contribution is -2.18. The summed E-state index contributed by atoms with van der Waals surface area (Å²) in [4.78, 5) is 2.54. The van der Waals surface area contributed by atoms with E-state index in [0.29, 0.717) is 0 Å². The number of anilines is 3. The first-order valence-electron chi connectivity index (χ1n) is 20.1. The van der Waals surface area contributed by atoms with Gasteiger partial charge in [-0.05, 0) is 111 Å². The maximum Gasteiger partial charge on any atom is 0.0540 e. The molecule has 0 fully saturated rings. The zero-order chi connectivity index (χ0) is 38.9. The molecule has 0 bridgehead atoms. The number of thiophene rings is 1. The molecule has 1 aromatic heterocycles. The Balaban J connectivity index is 1.23. The molecule has 0 N–H and O–H groups in total. The molecule has 56 heavy (non-hydrogen) atoms. The molecule has 276 valence electrons. The second-order valence-corrected chi connectivity index (χ2v) is 19.3. The van der Waals surface area contributed by atoms with E-state index in [2.05, 4.69) is 201 Å². The van der Waals surface area contributed by atoms with Gasteiger partial charge in [-0.2, -0.15) is 0 Å². The van der Waals surface area contributed by atoms with Crippen LogP contribution in [0, 0.1) is 13.8 Å². The molecule has 0 saturated heterocycles. The van der Waals surface area contributed by atoms with Crippen molar-refractivity contribution in [1.29, 1.82) is 0 Å². The van der Waals surface area contributed by atoms with E-state index >= 15 is 0 Å². The molecule has 0 atom stereocenters. The van der Waals surface area contributed by atoms with E-state index in [9.17, 15) is 0 Å². The predicted octanol–water partition coefficient (Wildman–Crippen LogP) is 15.7. The first-order chi connectivity index (χ1) is 26.7. The third-order valence-corrected chi connectivity index (χ3v) is 14.3. The van der Waals surface area contributed by atoms with E-state index < -0.39 is 0 Å². The number of hydrogen-bond acceptors (Lipinski definition) is 2. The molecule has 0 unspecified atom stereocenters. The first-order valence-corrected chi connectivity index (χ1v) is 20.9. The van der Waals surface area contributed by atoms with Crippen LogP contribution in [0.1, 0.15) is 87.4 Å². The lowest BCUT2D eigenvalue weighted by Gasteiger charge is -2.31. The summed E-state index contributed by atoms with van der Waals surface area (Å²) in [7, 11) is 0. The standard InChI is InChI=1S/C54H49NS/c1-32-28-33(2)50-42(29-32)40-19-14-18-39(51(40)56-50)38-17-11-13-23-48(38)55(34-24-26-37-36-16-10-12-20-43(36)53(6,7)46(37)30-34)35-25-27-41-47(31-35)54(8,9)45-22-15-21-44(49(41)45)52(3,4)5/h10-31H,1-9H3. The molecule has 7 aromatic carbocycles. The van der Waals surface area contributed by atoms with Gasteiger partial charge in [0.2, 0.25) is 0 Å². The molecule has 0 spiro atoms. The van der Waals surface area contributed by atoms with Gasteiger partial charge in [0.25, 0.3) is 0 Å². The van der Waals surface area contributed by atoms with E-state index in [1.807, 2.05) is 11.3 Å². The monoisotopic (exact) mass is 743 g/mol. The van der Waals surface area contributed by atoms with Gasteiger partial charge >= 0.3 is 0 Å². The van der Waals surface area contributed by atoms with Gasteiger partial charge in [-0.1, -0.05) is 151 Å². The van der Waals surface area contributed by atoms with Crippen LogP contribution < -0.4 is 4.90 Å². The molecule has 10 rings (SSSR count). The van der Waals surface area contributed by atoms with Gasteiger partial charge in [0.1, 0.15) is 0 Å². The summed E-state index contributed by atoms with van der Waals surface area (Å²) in [5, 5.41) is 2.69. The second-order valence-electron chi connectivity index (χ2n) is 18.3. The first kappa shape index (κ1) is 35.0. The van der Waals surface area contributed by atoms with E-state index in [0.717, 1.165) is 0 Å². The Morgan fingerprint density at radius 3 is 1.82 bits per heavy atom. The van der Waals surface area contributed by atoms with Crippen molar-refractivity contribution in [2.45, 2.75) is 78.6 Å². The minimum absolute atomic E-state index is 0.0341. The van der Waals surface area contributed by atoms with E-state index in [-0.39, 0.29) is 16.2 Å². The van der Waals surface area contributed by atoms with Crippen molar-refractivity contribution >= 4 is 48.6 Å². The SMILES string of the molecule is Cc1cc(C)c2sc3c(-c4ccccc4N(c4ccc5c(c4)C(C)(C)c4ccccc4-5)c4ccc5c(c4)C(C)(C)c4cccc(C(C)(C)C)c4-5)cccc3c2c1. The Morgan fingerprint density at radius 1 is 0.482 bits per heavy atom. The van der Waals surface area contributed by atoms with Crippen LogP contribution in [0.3, 0.4) is 0 Å². The summed E-state index contributed by atoms with van der Waals surface area (Å²) < 4.78 is 2.72. The highest BCUT2D eigenvalue weighted by Crippen LogP contribution is 2.56. The number of para-hydroxylation sites is 1. The normalized spacial score (nSPS) is 14.8. The molecule has 1 heterocycles. The summed E-state index contributed by atoms with van der Waals surface area (Å²) >= 11 is 1.93. The lowest BCUT2D eigenvalue weighted by molar-refractivity contribution is 0.589. The Morgan fingerprint density at radius 2 is 1.07 bits per heavy atom. The predicted molar refractivity (Wildman–Crippen MR) is 243 cm³/mol. The van der Waals surface area contributed by atoms with Crippen molar-refractivity contribution in [3.63, 3.8) is 0 Å². The van der Waals surface area contributed by atoms with Crippen molar-refractivity contribution in [3.05, 3.63) is 172 Å². The average Bonchev–Trinajstić information content (AvgIpc) is 3.75. The fraction of sp³-hybridized carbons (Fsp3) is 0.222. The molecule has 1 nitrogen and oxygen atoms in total. The van der Waals surface area contributed by atoms with Crippen LogP contribution in [-0.4, -0.2) is 0 Å². The number of benzene rings is 7. The van der Waals surface area contributed by atoms with Gasteiger partial charge in [0.15, 0.2) is 0 Å². The summed E-state index contributed by atoms with van der Waals surface area (Å²) in [5.41, 5.74) is 20.9. The van der Waals surface area contributed by atoms with Crippen molar-refractivity contribution in [2.75, 3.05) is 4.90 Å². The molecule has 2 aliphatic rings. The van der Waals surface area contributed by atoms with Crippen LogP contribution in [0.25, 0.3) is 53.6 Å². The number of fused-ring (bicyclic) bond motifs is 9. The minimum atomic E-state index is -0.145. The quantitative estimate of drug-likeness (QED) is 0.173. The Labute approximate surface area is 336 Å². The van der Waals surface area contributed by atoms with E-state index in [4.69, 9.17) is 0 Å². The van der Waals surface area contributed by atoms with Crippen molar-refractivity contribution < 1.29 is 0 Å². The molecule has 2 heteroatoms. The molecule has 0 amide bonds. The van der Waals surface area contributed by atoms with E-state index in [1.54, 1.807) is 0 Å². The van der Waals surface area contributed by atoms with Crippen molar-refractivity contribution in [1.82, 2.24) is 0 Å². The van der Waals surface area contributed by atoms with Gasteiger partial charge in [-0.15, -0.1) is 11.3 Å². The smallest absolute Gasteiger partial charge is 0.0540 e. The highest BCUT2D eigenvalue weighted by Gasteiger charge is 2.40. The molecule has 0 aliphatic heterocycles. The van der Waals surface area contributed by atoms with Crippen LogP contribution in [0.4, 0.5) is 17.1 Å². The highest BCUT2D eigenvalue weighted by atomic mass is 32.1. The van der Waals surface area contributed by atoms with Crippen LogP contribution in [0.5, 0.6) is 0 Å². The van der Waals surface area contributed by atoms with E-state index in [1.165, 1.54) is 110 Å². The van der Waals surface area contributed by atoms with Gasteiger partial charge in [0.05, 0.1) is 5.69 Å². The third kappa shape index (κ3) is 4.98. The zero-order valence-corrected chi connectivity index (χ0v) is 34.9. The summed E-state index contributed by atoms with van der Waals surface area (Å²) in [5.74, 6) is 0. The Hall–Kier alpha value is -5.44. The highest BCUT2D eigenvalue weighted by molar-refractivity contribution is 7.26. The fourth-order valence-electron chi connectivity index (χ4n) is 10.2. The van der Waals surface area contributed by atoms with Gasteiger partial charge in [-0.25, -0.2) is 0 Å². The van der Waals surface area contributed by atoms with Gasteiger partial charge in [0, 0.05) is 53.5 Å². The lowest BCUT2D eigenvalue weighted by atomic mass is 9.79. The van der Waals surface area contributed by atoms with Gasteiger partial charge in [-0.3, -0.25) is 0 Å². The minimum Gasteiger partial charge on any atom is -0.310 e. The van der Waals surface area contributed by atoms with Crippen LogP contribution >= 0.6 is 11.3 Å². The molecule has 0 saturated carbocycles. The van der Waals surface area contributed by atoms with Crippen LogP contribution in [-0.2, 0) is 16.2 Å². The Bertz CT molecular complexity index is 2930. The average molecular weight is 744 g/mol. The molecular weight excluding hydrogens is 695 g/mol. The van der Waals surface area contributed by atoms with Crippen molar-refractivity contribution in [3.8, 4) is 33.4 Å². The Kier molecular flexibility index (Phi) is 7.52. The van der Waals surface area contributed by atoms with Crippen LogP contribution in [0.15, 0.2) is 133 Å². The molecular formula is C54H49NS. The van der Waals surface area contributed by atoms with Crippen LogP contribution in [0.2, 0.25) is 0 Å². The molecule has 0 radical (unpaired) electrons. The largest absolute Gasteiger partial charge is 0.310 e. The maximum atomic E-state index is 2.54. The second kappa shape index (κ2) is 12.0. The third-order valence-electron chi connectivity index (χ3n) is 12.9. The molecule has 8 aromatic rings. The number of rotatable bonds is 4. The number of nitrogens with zero attached hydrogens (tertiary/aromatic N) is 1. The fourth-order valence-corrected chi connectivity index (χ4v) is 11.4. The van der Waals surface area contributed by atoms with Crippen molar-refractivity contribution in [2.24, 2.45) is 0 Å². The summed E-state index contributed by atoms with van der Waals surface area (Å²) in [6.07, 6.45) is 0. The topological polar surface area (TPSA) is 3.24 Å². The maximum absolute atomic E-state index is 2.54. The number of hydrogen-bond donors (Lipinski definition) is 0. The summed E-state index contributed by atoms with van der Waals surface area (Å²) in [6.45, 7) is 21.1. The summed E-state index contributed by atoms with van der Waals surface area (Å²) in [6, 6.07) is 51.0. The molecule has 2 aliphatic carbocycles.